The summed E-state index contributed by atoms with van der Waals surface area (Å²) >= 11 is 0. The molecule has 0 N–H and O–H groups in total. The summed E-state index contributed by atoms with van der Waals surface area (Å²) in [5, 5.41) is 26.3. The van der Waals surface area contributed by atoms with Crippen LogP contribution in [0, 0.1) is 46.3 Å². The Morgan fingerprint density at radius 3 is 1.14 bits per heavy atom. The molecule has 2 aromatic heterocycles. The first kappa shape index (κ1) is 32.5. The van der Waals surface area contributed by atoms with Crippen molar-refractivity contribution in [1.82, 2.24) is 19.1 Å². The van der Waals surface area contributed by atoms with Gasteiger partial charge in [0.25, 0.3) is 0 Å². The third-order valence-electron chi connectivity index (χ3n) is 12.7. The molecule has 0 atom stereocenters. The van der Waals surface area contributed by atoms with E-state index >= 15 is 0 Å². The summed E-state index contributed by atoms with van der Waals surface area (Å²) in [6.07, 6.45) is 21.5. The molecule has 9 heteroatoms. The normalized spacial score (nSPS) is 34.0. The van der Waals surface area contributed by atoms with Gasteiger partial charge in [-0.15, -0.1) is 0 Å². The maximum absolute atomic E-state index is 13.1. The van der Waals surface area contributed by atoms with Gasteiger partial charge in [-0.05, 0) is 159 Å². The minimum Gasteiger partial charge on any atom is -0.861 e. The van der Waals surface area contributed by atoms with Crippen molar-refractivity contribution >= 4 is 23.7 Å². The SMILES string of the molecule is [Ni+2].[O-]/C(=N\c1nccn1-c1ccccc1)C12CC3CC(CC(C3)C1)C2.[O-]/C(=N\c1nccn1-c1ccccc1)C12CC3CC(CC(C3)C1)C2. The molecule has 49 heavy (non-hydrogen) atoms. The molecule has 0 radical (unpaired) electrons. The number of imidazole rings is 2. The zero-order valence-corrected chi connectivity index (χ0v) is 28.8. The first-order valence-corrected chi connectivity index (χ1v) is 18.1. The van der Waals surface area contributed by atoms with Crippen LogP contribution in [0.1, 0.15) is 77.0 Å². The average Bonchev–Trinajstić information content (AvgIpc) is 3.74. The number of nitrogens with zero attached hydrogens (tertiary/aromatic N) is 6. The van der Waals surface area contributed by atoms with E-state index in [2.05, 4.69) is 20.0 Å². The van der Waals surface area contributed by atoms with Gasteiger partial charge >= 0.3 is 16.5 Å². The summed E-state index contributed by atoms with van der Waals surface area (Å²) in [6, 6.07) is 20.0. The summed E-state index contributed by atoms with van der Waals surface area (Å²) in [6.45, 7) is 0. The van der Waals surface area contributed by atoms with Crippen LogP contribution in [0.15, 0.2) is 95.4 Å². The monoisotopic (exact) mass is 698 g/mol. The largest absolute Gasteiger partial charge is 2.00 e. The van der Waals surface area contributed by atoms with Crippen LogP contribution in [0.4, 0.5) is 11.9 Å². The zero-order valence-electron chi connectivity index (χ0n) is 27.8. The predicted octanol–water partition coefficient (Wildman–Crippen LogP) is 6.96. The van der Waals surface area contributed by atoms with Crippen LogP contribution in [-0.4, -0.2) is 30.9 Å². The number of benzene rings is 2. The smallest absolute Gasteiger partial charge is 0.861 e. The summed E-state index contributed by atoms with van der Waals surface area (Å²) < 4.78 is 3.80. The Morgan fingerprint density at radius 1 is 0.531 bits per heavy atom. The van der Waals surface area contributed by atoms with Gasteiger partial charge in [-0.1, -0.05) is 36.4 Å². The number of rotatable bonds is 6. The summed E-state index contributed by atoms with van der Waals surface area (Å²) in [5.74, 6) is 5.70. The van der Waals surface area contributed by atoms with Gasteiger partial charge < -0.3 is 10.2 Å². The van der Waals surface area contributed by atoms with Gasteiger partial charge in [0.1, 0.15) is 0 Å². The van der Waals surface area contributed by atoms with E-state index in [-0.39, 0.29) is 39.1 Å². The van der Waals surface area contributed by atoms with E-state index in [1.165, 1.54) is 38.5 Å². The Kier molecular flexibility index (Phi) is 8.54. The Bertz CT molecular complexity index is 1620. The number of hydrogen-bond acceptors (Lipinski definition) is 6. The van der Waals surface area contributed by atoms with Crippen molar-refractivity contribution in [1.29, 1.82) is 0 Å². The second-order valence-electron chi connectivity index (χ2n) is 16.1. The van der Waals surface area contributed by atoms with Crippen LogP contribution in [0.2, 0.25) is 0 Å². The molecule has 8 bridgehead atoms. The number of hydrogen-bond donors (Lipinski definition) is 0. The van der Waals surface area contributed by atoms with Gasteiger partial charge in [0.15, 0.2) is 0 Å². The van der Waals surface area contributed by atoms with Crippen molar-refractivity contribution < 1.29 is 26.7 Å². The molecule has 2 aromatic carbocycles. The van der Waals surface area contributed by atoms with Crippen molar-refractivity contribution in [2.24, 2.45) is 56.3 Å². The maximum Gasteiger partial charge on any atom is 2.00 e. The standard InChI is InChI=1S/2C20H23N3O.Ni/c2*24-18(20-11-14-8-15(12-20)10-16(9-14)13-20)22-19-21-6-7-23(19)17-4-2-1-3-5-17;/h2*1-7,14-16H,8-13H2,(H,21,22,24);/q;;+2/p-2. The average molecular weight is 700 g/mol. The quantitative estimate of drug-likeness (QED) is 0.123. The van der Waals surface area contributed by atoms with E-state index in [0.29, 0.717) is 11.9 Å². The van der Waals surface area contributed by atoms with Crippen molar-refractivity contribution in [3.63, 3.8) is 0 Å². The fourth-order valence-corrected chi connectivity index (χ4v) is 11.5. The Balaban J connectivity index is 0.000000139. The molecule has 0 aliphatic heterocycles. The van der Waals surface area contributed by atoms with Gasteiger partial charge in [0, 0.05) is 36.2 Å². The molecule has 0 saturated heterocycles. The van der Waals surface area contributed by atoms with Crippen LogP contribution in [-0.2, 0) is 16.5 Å². The maximum atomic E-state index is 13.1. The second-order valence-corrected chi connectivity index (χ2v) is 16.1. The Morgan fingerprint density at radius 2 is 0.837 bits per heavy atom. The molecule has 4 aromatic rings. The fourth-order valence-electron chi connectivity index (χ4n) is 11.5. The molecular formula is C40H44N6NiO2. The molecule has 256 valence electrons. The van der Waals surface area contributed by atoms with Crippen molar-refractivity contribution in [2.75, 3.05) is 0 Å². The Labute approximate surface area is 298 Å². The number of para-hydroxylation sites is 2. The van der Waals surface area contributed by atoms with E-state index < -0.39 is 0 Å². The first-order chi connectivity index (χ1) is 23.4. The van der Waals surface area contributed by atoms with E-state index in [4.69, 9.17) is 0 Å². The molecule has 8 aliphatic rings. The minimum atomic E-state index is -0.192. The zero-order chi connectivity index (χ0) is 32.3. The topological polar surface area (TPSA) is 106 Å². The summed E-state index contributed by atoms with van der Waals surface area (Å²) in [7, 11) is 0. The van der Waals surface area contributed by atoms with Gasteiger partial charge in [-0.2, -0.15) is 0 Å². The van der Waals surface area contributed by atoms with Crippen LogP contribution in [0.3, 0.4) is 0 Å². The Hall–Kier alpha value is -3.71. The molecule has 8 aliphatic carbocycles. The molecule has 8 fully saturated rings. The molecule has 0 amide bonds. The molecule has 8 saturated carbocycles. The van der Waals surface area contributed by atoms with E-state index in [1.807, 2.05) is 82.2 Å². The fraction of sp³-hybridized carbons (Fsp3) is 0.500. The molecular weight excluding hydrogens is 655 g/mol. The van der Waals surface area contributed by atoms with Crippen LogP contribution < -0.4 is 10.2 Å². The van der Waals surface area contributed by atoms with E-state index in [0.717, 1.165) is 85.4 Å². The first-order valence-electron chi connectivity index (χ1n) is 18.1. The van der Waals surface area contributed by atoms with Crippen molar-refractivity contribution in [3.8, 4) is 11.4 Å². The summed E-state index contributed by atoms with van der Waals surface area (Å²) in [5.41, 5.74) is 1.60. The van der Waals surface area contributed by atoms with Crippen molar-refractivity contribution in [2.45, 2.75) is 77.0 Å². The summed E-state index contributed by atoms with van der Waals surface area (Å²) in [4.78, 5) is 17.7. The molecule has 0 spiro atoms. The van der Waals surface area contributed by atoms with Gasteiger partial charge in [0.2, 0.25) is 11.9 Å². The second kappa shape index (κ2) is 12.9. The minimum absolute atomic E-state index is 0. The van der Waals surface area contributed by atoms with Crippen LogP contribution in [0.5, 0.6) is 0 Å². The van der Waals surface area contributed by atoms with Gasteiger partial charge in [-0.3, -0.25) is 9.13 Å². The van der Waals surface area contributed by atoms with Crippen LogP contribution >= 0.6 is 0 Å². The molecule has 2 heterocycles. The van der Waals surface area contributed by atoms with E-state index in [1.54, 1.807) is 12.4 Å². The van der Waals surface area contributed by atoms with Gasteiger partial charge in [0.05, 0.1) is 0 Å². The third kappa shape index (κ3) is 6.07. The number of aromatic nitrogens is 4. The molecule has 8 nitrogen and oxygen atoms in total. The molecule has 0 unspecified atom stereocenters. The predicted molar refractivity (Wildman–Crippen MR) is 183 cm³/mol. The number of aliphatic imine (C=N–C) groups is 2. The van der Waals surface area contributed by atoms with Crippen LogP contribution in [0.25, 0.3) is 11.4 Å². The third-order valence-corrected chi connectivity index (χ3v) is 12.7. The van der Waals surface area contributed by atoms with E-state index in [9.17, 15) is 10.2 Å². The van der Waals surface area contributed by atoms with Gasteiger partial charge in [-0.25, -0.2) is 20.0 Å². The van der Waals surface area contributed by atoms with Crippen molar-refractivity contribution in [3.05, 3.63) is 85.5 Å². The molecule has 12 rings (SSSR count).